The minimum atomic E-state index is -0.559. The molecule has 0 amide bonds. The van der Waals surface area contributed by atoms with Crippen LogP contribution < -0.4 is 0 Å². The highest BCUT2D eigenvalue weighted by Gasteiger charge is 2.15. The molecule has 0 aliphatic heterocycles. The first-order valence-electron chi connectivity index (χ1n) is 4.13. The second-order valence-corrected chi connectivity index (χ2v) is 4.63. The summed E-state index contributed by atoms with van der Waals surface area (Å²) in [5.41, 5.74) is 0.152. The van der Waals surface area contributed by atoms with Crippen molar-refractivity contribution in [2.75, 3.05) is 7.11 Å². The van der Waals surface area contributed by atoms with Crippen molar-refractivity contribution in [3.8, 4) is 5.75 Å². The summed E-state index contributed by atoms with van der Waals surface area (Å²) in [6.45, 7) is 0. The van der Waals surface area contributed by atoms with Crippen LogP contribution in [0.15, 0.2) is 18.2 Å². The lowest BCUT2D eigenvalue weighted by Gasteiger charge is -2.02. The number of methoxy groups -OCH3 is 1. The van der Waals surface area contributed by atoms with Crippen LogP contribution in [0.25, 0.3) is 10.1 Å². The summed E-state index contributed by atoms with van der Waals surface area (Å²) in [5.74, 6) is -0.640. The van der Waals surface area contributed by atoms with Crippen LogP contribution in [0, 0.1) is 0 Å². The van der Waals surface area contributed by atoms with Crippen LogP contribution in [0.1, 0.15) is 10.4 Å². The predicted octanol–water partition coefficient (Wildman–Crippen LogP) is 3.05. The number of thiophene rings is 1. The number of rotatable bonds is 1. The van der Waals surface area contributed by atoms with Crippen LogP contribution in [-0.4, -0.2) is 18.2 Å². The molecule has 0 bridgehead atoms. The Balaban J connectivity index is 2.69. The molecule has 0 saturated heterocycles. The highest BCUT2D eigenvalue weighted by Crippen LogP contribution is 2.36. The fourth-order valence-electron chi connectivity index (χ4n) is 1.34. The first-order valence-corrected chi connectivity index (χ1v) is 5.32. The minimum absolute atomic E-state index is 0.0810. The van der Waals surface area contributed by atoms with Gasteiger partial charge >= 0.3 is 5.97 Å². The summed E-state index contributed by atoms with van der Waals surface area (Å²) in [6.07, 6.45) is 0. The van der Waals surface area contributed by atoms with Crippen LogP contribution in [0.3, 0.4) is 0 Å². The number of halogens is 1. The Kier molecular flexibility index (Phi) is 2.54. The Morgan fingerprint density at radius 1 is 1.53 bits per heavy atom. The third kappa shape index (κ3) is 1.66. The van der Waals surface area contributed by atoms with Crippen molar-refractivity contribution in [3.05, 3.63) is 28.1 Å². The maximum atomic E-state index is 11.3. The molecule has 5 heteroatoms. The lowest BCUT2D eigenvalue weighted by molar-refractivity contribution is 0.0598. The van der Waals surface area contributed by atoms with Crippen LogP contribution in [0.5, 0.6) is 5.75 Å². The summed E-state index contributed by atoms with van der Waals surface area (Å²) in [5, 5.41) is 10.4. The number of phenols is 1. The topological polar surface area (TPSA) is 46.5 Å². The van der Waals surface area contributed by atoms with Crippen LogP contribution in [0.2, 0.25) is 4.34 Å². The number of esters is 1. The van der Waals surface area contributed by atoms with Gasteiger partial charge < -0.3 is 9.84 Å². The number of carbonyl (C=O) groups excluding carboxylic acids is 1. The van der Waals surface area contributed by atoms with Gasteiger partial charge in [0.25, 0.3) is 0 Å². The van der Waals surface area contributed by atoms with Crippen molar-refractivity contribution in [2.24, 2.45) is 0 Å². The molecule has 0 unspecified atom stereocenters. The van der Waals surface area contributed by atoms with Crippen molar-refractivity contribution >= 4 is 39.0 Å². The SMILES string of the molecule is COC(=O)c1ccc2sc(Cl)cc2c1O. The van der Waals surface area contributed by atoms with Crippen molar-refractivity contribution in [2.45, 2.75) is 0 Å². The molecule has 1 aromatic heterocycles. The van der Waals surface area contributed by atoms with Crippen molar-refractivity contribution in [1.29, 1.82) is 0 Å². The molecular formula is C10H7ClO3S. The molecule has 3 nitrogen and oxygen atoms in total. The molecule has 1 aromatic carbocycles. The number of ether oxygens (including phenoxy) is 1. The summed E-state index contributed by atoms with van der Waals surface area (Å²) in [4.78, 5) is 11.3. The summed E-state index contributed by atoms with van der Waals surface area (Å²) >= 11 is 7.16. The van der Waals surface area contributed by atoms with Gasteiger partial charge in [0, 0.05) is 10.1 Å². The number of benzene rings is 1. The normalized spacial score (nSPS) is 10.5. The molecule has 0 fully saturated rings. The van der Waals surface area contributed by atoms with E-state index >= 15 is 0 Å². The van der Waals surface area contributed by atoms with Crippen LogP contribution >= 0.6 is 22.9 Å². The fraction of sp³-hybridized carbons (Fsp3) is 0.100. The quantitative estimate of drug-likeness (QED) is 0.782. The summed E-state index contributed by atoms with van der Waals surface area (Å²) in [7, 11) is 1.27. The van der Waals surface area contributed by atoms with E-state index in [2.05, 4.69) is 4.74 Å². The summed E-state index contributed by atoms with van der Waals surface area (Å²) in [6, 6.07) is 4.89. The van der Waals surface area contributed by atoms with E-state index in [9.17, 15) is 9.90 Å². The van der Waals surface area contributed by atoms with Crippen molar-refractivity contribution in [1.82, 2.24) is 0 Å². The average Bonchev–Trinajstić information content (AvgIpc) is 2.59. The second kappa shape index (κ2) is 3.72. The smallest absolute Gasteiger partial charge is 0.341 e. The number of fused-ring (bicyclic) bond motifs is 1. The third-order valence-corrected chi connectivity index (χ3v) is 3.28. The minimum Gasteiger partial charge on any atom is -0.506 e. The van der Waals surface area contributed by atoms with Gasteiger partial charge in [-0.2, -0.15) is 0 Å². The average molecular weight is 243 g/mol. The first kappa shape index (κ1) is 10.3. The molecule has 0 aliphatic carbocycles. The molecule has 2 aromatic rings. The van der Waals surface area contributed by atoms with Gasteiger partial charge in [-0.15, -0.1) is 11.3 Å². The van der Waals surface area contributed by atoms with E-state index in [1.807, 2.05) is 0 Å². The zero-order chi connectivity index (χ0) is 11.0. The van der Waals surface area contributed by atoms with Gasteiger partial charge in [0.2, 0.25) is 0 Å². The molecule has 15 heavy (non-hydrogen) atoms. The molecule has 0 saturated carbocycles. The van der Waals surface area contributed by atoms with Gasteiger partial charge in [-0.25, -0.2) is 4.79 Å². The van der Waals surface area contributed by atoms with E-state index in [4.69, 9.17) is 11.6 Å². The zero-order valence-electron chi connectivity index (χ0n) is 7.78. The molecule has 1 N–H and O–H groups in total. The number of carbonyl (C=O) groups is 1. The first-order chi connectivity index (χ1) is 7.13. The van der Waals surface area contributed by atoms with Gasteiger partial charge in [-0.05, 0) is 18.2 Å². The largest absolute Gasteiger partial charge is 0.506 e. The number of aromatic hydroxyl groups is 1. The van der Waals surface area contributed by atoms with Gasteiger partial charge in [0.1, 0.15) is 11.3 Å². The highest BCUT2D eigenvalue weighted by atomic mass is 35.5. The Bertz CT molecular complexity index is 533. The van der Waals surface area contributed by atoms with E-state index in [-0.39, 0.29) is 11.3 Å². The molecule has 0 spiro atoms. The third-order valence-electron chi connectivity index (χ3n) is 2.05. The van der Waals surface area contributed by atoms with Crippen molar-refractivity contribution < 1.29 is 14.6 Å². The molecule has 0 aliphatic rings. The van der Waals surface area contributed by atoms with Gasteiger partial charge in [-0.1, -0.05) is 11.6 Å². The van der Waals surface area contributed by atoms with Gasteiger partial charge in [0.15, 0.2) is 0 Å². The maximum Gasteiger partial charge on any atom is 0.341 e. The van der Waals surface area contributed by atoms with Crippen molar-refractivity contribution in [3.63, 3.8) is 0 Å². The molecular weight excluding hydrogens is 236 g/mol. The van der Waals surface area contributed by atoms with Crippen LogP contribution in [-0.2, 0) is 4.74 Å². The zero-order valence-corrected chi connectivity index (χ0v) is 9.35. The number of phenolic OH excluding ortho intramolecular Hbond substituents is 1. The van der Waals surface area contributed by atoms with E-state index in [1.54, 1.807) is 12.1 Å². The Morgan fingerprint density at radius 3 is 2.93 bits per heavy atom. The van der Waals surface area contributed by atoms with E-state index in [0.29, 0.717) is 9.72 Å². The Morgan fingerprint density at radius 2 is 2.27 bits per heavy atom. The number of hydrogen-bond donors (Lipinski definition) is 1. The predicted molar refractivity (Wildman–Crippen MR) is 59.8 cm³/mol. The van der Waals surface area contributed by atoms with E-state index < -0.39 is 5.97 Å². The summed E-state index contributed by atoms with van der Waals surface area (Å²) < 4.78 is 5.95. The van der Waals surface area contributed by atoms with Gasteiger partial charge in [0.05, 0.1) is 11.4 Å². The maximum absolute atomic E-state index is 11.3. The molecule has 0 radical (unpaired) electrons. The van der Waals surface area contributed by atoms with E-state index in [0.717, 1.165) is 4.70 Å². The monoisotopic (exact) mass is 242 g/mol. The fourth-order valence-corrected chi connectivity index (χ4v) is 2.49. The highest BCUT2D eigenvalue weighted by molar-refractivity contribution is 7.22. The van der Waals surface area contributed by atoms with Crippen LogP contribution in [0.4, 0.5) is 0 Å². The molecule has 1 heterocycles. The second-order valence-electron chi connectivity index (χ2n) is 2.92. The van der Waals surface area contributed by atoms with E-state index in [1.165, 1.54) is 24.5 Å². The molecule has 2 rings (SSSR count). The Hall–Kier alpha value is -1.26. The number of hydrogen-bond acceptors (Lipinski definition) is 4. The van der Waals surface area contributed by atoms with Gasteiger partial charge in [-0.3, -0.25) is 0 Å². The standard InChI is InChI=1S/C10H7ClO3S/c1-14-10(13)5-2-3-7-6(9(5)12)4-8(11)15-7/h2-4,12H,1H3. The lowest BCUT2D eigenvalue weighted by Crippen LogP contribution is -2.00. The Labute approximate surface area is 94.9 Å². The lowest BCUT2D eigenvalue weighted by atomic mass is 10.1. The molecule has 78 valence electrons. The molecule has 0 atom stereocenters.